The van der Waals surface area contributed by atoms with Gasteiger partial charge in [-0.25, -0.2) is 4.79 Å². The maximum absolute atomic E-state index is 11.9. The Bertz CT molecular complexity index is 457. The summed E-state index contributed by atoms with van der Waals surface area (Å²) in [5.74, 6) is -0.481. The molecule has 0 saturated heterocycles. The van der Waals surface area contributed by atoms with Crippen LogP contribution in [0.2, 0.25) is 0 Å². The van der Waals surface area contributed by atoms with E-state index in [1.165, 1.54) is 18.4 Å². The average molecular weight is 298 g/mol. The number of hydrogen-bond acceptors (Lipinski definition) is 5. The molecule has 1 heterocycles. The Morgan fingerprint density at radius 3 is 2.65 bits per heavy atom. The summed E-state index contributed by atoms with van der Waals surface area (Å²) in [7, 11) is 1.33. The van der Waals surface area contributed by atoms with E-state index in [1.807, 2.05) is 12.3 Å². The largest absolute Gasteiger partial charge is 0.465 e. The van der Waals surface area contributed by atoms with E-state index in [2.05, 4.69) is 5.32 Å². The number of carbonyl (C=O) groups is 2. The van der Waals surface area contributed by atoms with Gasteiger partial charge in [0, 0.05) is 6.42 Å². The molecular weight excluding hydrogens is 276 g/mol. The van der Waals surface area contributed by atoms with Crippen LogP contribution in [0.5, 0.6) is 0 Å². The molecule has 3 N–H and O–H groups in total. The number of ether oxygens (including phenoxy) is 1. The molecule has 1 aromatic heterocycles. The van der Waals surface area contributed by atoms with Crippen molar-refractivity contribution in [1.29, 1.82) is 0 Å². The normalized spacial score (nSPS) is 10.3. The minimum Gasteiger partial charge on any atom is -0.465 e. The highest BCUT2D eigenvalue weighted by Crippen LogP contribution is 2.28. The second kappa shape index (κ2) is 8.71. The Labute approximate surface area is 123 Å². The molecule has 20 heavy (non-hydrogen) atoms. The van der Waals surface area contributed by atoms with Gasteiger partial charge in [-0.05, 0) is 37.3 Å². The molecule has 0 spiro atoms. The van der Waals surface area contributed by atoms with Crippen molar-refractivity contribution < 1.29 is 14.3 Å². The third-order valence-corrected chi connectivity index (χ3v) is 4.05. The molecule has 112 valence electrons. The molecule has 0 saturated carbocycles. The number of carbonyl (C=O) groups excluding carboxylic acids is 2. The Balaban J connectivity index is 2.49. The van der Waals surface area contributed by atoms with Crippen LogP contribution in [-0.2, 0) is 9.53 Å². The molecule has 0 atom stereocenters. The van der Waals surface area contributed by atoms with Gasteiger partial charge in [0.25, 0.3) is 0 Å². The lowest BCUT2D eigenvalue weighted by Gasteiger charge is -2.07. The molecule has 0 aliphatic rings. The van der Waals surface area contributed by atoms with Crippen LogP contribution in [0.25, 0.3) is 0 Å². The van der Waals surface area contributed by atoms with Crippen LogP contribution >= 0.6 is 11.3 Å². The summed E-state index contributed by atoms with van der Waals surface area (Å²) in [6, 6.07) is 0. The lowest BCUT2D eigenvalue weighted by atomic mass is 10.1. The number of rotatable bonds is 8. The van der Waals surface area contributed by atoms with Crippen molar-refractivity contribution in [1.82, 2.24) is 0 Å². The van der Waals surface area contributed by atoms with Crippen LogP contribution in [0.15, 0.2) is 5.38 Å². The maximum atomic E-state index is 11.9. The Morgan fingerprint density at radius 1 is 1.30 bits per heavy atom. The number of thiophene rings is 1. The van der Waals surface area contributed by atoms with Gasteiger partial charge < -0.3 is 15.8 Å². The van der Waals surface area contributed by atoms with E-state index in [0.29, 0.717) is 23.5 Å². The summed E-state index contributed by atoms with van der Waals surface area (Å²) in [6.45, 7) is 2.56. The van der Waals surface area contributed by atoms with Gasteiger partial charge in [0.2, 0.25) is 5.91 Å². The zero-order chi connectivity index (χ0) is 15.0. The van der Waals surface area contributed by atoms with Crippen molar-refractivity contribution >= 4 is 28.9 Å². The molecule has 0 unspecified atom stereocenters. The monoisotopic (exact) mass is 298 g/mol. The number of hydrogen-bond donors (Lipinski definition) is 2. The van der Waals surface area contributed by atoms with Crippen molar-refractivity contribution in [2.75, 3.05) is 19.0 Å². The summed E-state index contributed by atoms with van der Waals surface area (Å²) in [5, 5.41) is 4.65. The molecule has 0 radical (unpaired) electrons. The zero-order valence-electron chi connectivity index (χ0n) is 12.0. The predicted octanol–water partition coefficient (Wildman–Crippen LogP) is 2.69. The molecule has 0 aliphatic heterocycles. The van der Waals surface area contributed by atoms with E-state index in [-0.39, 0.29) is 5.91 Å². The van der Waals surface area contributed by atoms with E-state index in [9.17, 15) is 9.59 Å². The van der Waals surface area contributed by atoms with Gasteiger partial charge in [0.05, 0.1) is 12.8 Å². The summed E-state index contributed by atoms with van der Waals surface area (Å²) in [5.41, 5.74) is 6.87. The molecule has 1 rings (SSSR count). The number of nitrogens with two attached hydrogens (primary N) is 1. The molecule has 0 bridgehead atoms. The first-order valence-corrected chi connectivity index (χ1v) is 7.64. The van der Waals surface area contributed by atoms with E-state index in [4.69, 9.17) is 10.5 Å². The number of esters is 1. The van der Waals surface area contributed by atoms with Crippen LogP contribution in [0.1, 0.15) is 47.3 Å². The van der Waals surface area contributed by atoms with E-state index in [0.717, 1.165) is 31.2 Å². The van der Waals surface area contributed by atoms with Gasteiger partial charge in [-0.3, -0.25) is 4.79 Å². The molecule has 0 fully saturated rings. The maximum Gasteiger partial charge on any atom is 0.350 e. The fraction of sp³-hybridized carbons (Fsp3) is 0.571. The zero-order valence-corrected chi connectivity index (χ0v) is 12.8. The van der Waals surface area contributed by atoms with Crippen LogP contribution in [0, 0.1) is 6.92 Å². The number of anilines is 1. The van der Waals surface area contributed by atoms with Gasteiger partial charge in [-0.2, -0.15) is 0 Å². The Morgan fingerprint density at radius 2 is 2.00 bits per heavy atom. The number of unbranched alkanes of at least 4 members (excludes halogenated alkanes) is 3. The standard InChI is InChI=1S/C14H22N2O3S/c1-10-9-20-13(14(18)19-2)12(10)16-11(17)7-5-3-4-6-8-15/h9H,3-8,15H2,1-2H3,(H,16,17). The van der Waals surface area contributed by atoms with Gasteiger partial charge in [0.1, 0.15) is 4.88 Å². The minimum atomic E-state index is -0.415. The highest BCUT2D eigenvalue weighted by Gasteiger charge is 2.18. The molecule has 0 aromatic carbocycles. The van der Waals surface area contributed by atoms with Crippen LogP contribution < -0.4 is 11.1 Å². The van der Waals surface area contributed by atoms with Gasteiger partial charge >= 0.3 is 5.97 Å². The Hall–Kier alpha value is -1.40. The molecule has 6 heteroatoms. The molecular formula is C14H22N2O3S. The number of amides is 1. The van der Waals surface area contributed by atoms with Gasteiger partial charge in [0.15, 0.2) is 0 Å². The predicted molar refractivity (Wildman–Crippen MR) is 81.2 cm³/mol. The summed E-state index contributed by atoms with van der Waals surface area (Å²) < 4.78 is 4.71. The van der Waals surface area contributed by atoms with E-state index >= 15 is 0 Å². The smallest absolute Gasteiger partial charge is 0.350 e. The highest BCUT2D eigenvalue weighted by atomic mass is 32.1. The second-order valence-electron chi connectivity index (χ2n) is 4.62. The molecule has 5 nitrogen and oxygen atoms in total. The van der Waals surface area contributed by atoms with Crippen molar-refractivity contribution in [3.8, 4) is 0 Å². The summed E-state index contributed by atoms with van der Waals surface area (Å²) in [4.78, 5) is 23.9. The first-order chi connectivity index (χ1) is 9.60. The SMILES string of the molecule is COC(=O)c1scc(C)c1NC(=O)CCCCCCN. The average Bonchev–Trinajstić information content (AvgIpc) is 2.79. The molecule has 1 aromatic rings. The lowest BCUT2D eigenvalue weighted by Crippen LogP contribution is -2.14. The van der Waals surface area contributed by atoms with E-state index in [1.54, 1.807) is 0 Å². The molecule has 1 amide bonds. The fourth-order valence-electron chi connectivity index (χ4n) is 1.83. The van der Waals surface area contributed by atoms with Gasteiger partial charge in [-0.1, -0.05) is 12.8 Å². The third-order valence-electron chi connectivity index (χ3n) is 2.97. The highest BCUT2D eigenvalue weighted by molar-refractivity contribution is 7.12. The van der Waals surface area contributed by atoms with E-state index < -0.39 is 5.97 Å². The van der Waals surface area contributed by atoms with Crippen LogP contribution in [0.4, 0.5) is 5.69 Å². The van der Waals surface area contributed by atoms with Crippen molar-refractivity contribution in [3.63, 3.8) is 0 Å². The lowest BCUT2D eigenvalue weighted by molar-refractivity contribution is -0.116. The number of methoxy groups -OCH3 is 1. The minimum absolute atomic E-state index is 0.0654. The second-order valence-corrected chi connectivity index (χ2v) is 5.50. The Kier molecular flexibility index (Phi) is 7.25. The third kappa shape index (κ3) is 4.94. The van der Waals surface area contributed by atoms with Crippen LogP contribution in [0.3, 0.4) is 0 Å². The van der Waals surface area contributed by atoms with Gasteiger partial charge in [-0.15, -0.1) is 11.3 Å². The summed E-state index contributed by atoms with van der Waals surface area (Å²) >= 11 is 1.28. The fourth-order valence-corrected chi connectivity index (χ4v) is 2.75. The quantitative estimate of drug-likeness (QED) is 0.571. The topological polar surface area (TPSA) is 81.4 Å². The first kappa shape index (κ1) is 16.7. The first-order valence-electron chi connectivity index (χ1n) is 6.76. The van der Waals surface area contributed by atoms with Crippen molar-refractivity contribution in [3.05, 3.63) is 15.8 Å². The number of aryl methyl sites for hydroxylation is 1. The number of nitrogens with one attached hydrogen (secondary N) is 1. The summed E-state index contributed by atoms with van der Waals surface area (Å²) in [6.07, 6.45) is 4.34. The van der Waals surface area contributed by atoms with Crippen molar-refractivity contribution in [2.24, 2.45) is 5.73 Å². The molecule has 0 aliphatic carbocycles. The van der Waals surface area contributed by atoms with Crippen molar-refractivity contribution in [2.45, 2.75) is 39.0 Å². The van der Waals surface area contributed by atoms with Crippen LogP contribution in [-0.4, -0.2) is 25.5 Å².